The number of phenols is 1. The van der Waals surface area contributed by atoms with Crippen molar-refractivity contribution >= 4 is 16.9 Å². The number of ether oxygens (including phenoxy) is 2. The molecule has 1 aliphatic heterocycles. The van der Waals surface area contributed by atoms with Crippen molar-refractivity contribution in [2.45, 2.75) is 44.2 Å². The lowest BCUT2D eigenvalue weighted by Gasteiger charge is -2.38. The molecule has 1 aliphatic rings. The highest BCUT2D eigenvalue weighted by atomic mass is 16.7. The van der Waals surface area contributed by atoms with Crippen LogP contribution in [-0.2, 0) is 22.6 Å². The minimum absolute atomic E-state index is 0.0328. The molecule has 0 bridgehead atoms. The zero-order valence-electron chi connectivity index (χ0n) is 26.1. The van der Waals surface area contributed by atoms with E-state index in [-0.39, 0.29) is 36.2 Å². The second-order valence-electron chi connectivity index (χ2n) is 11.9. The molecular weight excluding hydrogens is 596 g/mol. The second-order valence-corrected chi connectivity index (χ2v) is 11.9. The van der Waals surface area contributed by atoms with Crippen molar-refractivity contribution < 1.29 is 29.6 Å². The van der Waals surface area contributed by atoms with Crippen molar-refractivity contribution in [3.63, 3.8) is 0 Å². The molecular formula is C37H38N4O6. The molecule has 47 heavy (non-hydrogen) atoms. The molecule has 242 valence electrons. The number of aliphatic hydroxyl groups excluding tert-OH is 2. The number of benzene rings is 4. The van der Waals surface area contributed by atoms with Crippen molar-refractivity contribution in [2.75, 3.05) is 20.1 Å². The molecule has 10 nitrogen and oxygen atoms in total. The van der Waals surface area contributed by atoms with Crippen molar-refractivity contribution in [1.29, 1.82) is 0 Å². The van der Waals surface area contributed by atoms with Gasteiger partial charge in [-0.3, -0.25) is 9.78 Å². The summed E-state index contributed by atoms with van der Waals surface area (Å²) >= 11 is 0. The standard InChI is InChI=1S/C37H38N4O6/c1-41(22-34(44)28-5-4-6-29(43)17-28)21-30-18-35(26-13-11-25(23-42)12-14-26)47-37(46-30)27-15-9-24(10-16-27)19-39-36(45)33-20-38-31-7-2-3-8-32(31)40-33/h2-17,20,30,34-35,37,42-44H,18-19,21-23H2,1H3,(H,39,45)/t30-,34+,35+,37+/m0/s1. The lowest BCUT2D eigenvalue weighted by Crippen LogP contribution is -2.39. The molecule has 1 saturated heterocycles. The molecule has 4 atom stereocenters. The predicted molar refractivity (Wildman–Crippen MR) is 176 cm³/mol. The van der Waals surface area contributed by atoms with Gasteiger partial charge in [-0.2, -0.15) is 0 Å². The first-order chi connectivity index (χ1) is 22.8. The van der Waals surface area contributed by atoms with Crippen molar-refractivity contribution in [3.8, 4) is 5.75 Å². The number of hydrogen-bond acceptors (Lipinski definition) is 9. The highest BCUT2D eigenvalue weighted by Gasteiger charge is 2.33. The minimum Gasteiger partial charge on any atom is -0.508 e. The van der Waals surface area contributed by atoms with Crippen LogP contribution in [0.1, 0.15) is 63.2 Å². The van der Waals surface area contributed by atoms with Gasteiger partial charge in [-0.15, -0.1) is 0 Å². The van der Waals surface area contributed by atoms with Crippen LogP contribution in [0.4, 0.5) is 0 Å². The van der Waals surface area contributed by atoms with Gasteiger partial charge in [-0.05, 0) is 53.6 Å². The maximum atomic E-state index is 12.8. The van der Waals surface area contributed by atoms with Crippen LogP contribution in [0, 0.1) is 0 Å². The summed E-state index contributed by atoms with van der Waals surface area (Å²) in [5, 5.41) is 33.0. The number of para-hydroxylation sites is 2. The van der Waals surface area contributed by atoms with Crippen LogP contribution in [0.25, 0.3) is 11.0 Å². The van der Waals surface area contributed by atoms with E-state index in [1.807, 2.05) is 84.7 Å². The van der Waals surface area contributed by atoms with Gasteiger partial charge in [0.25, 0.3) is 5.91 Å². The zero-order chi connectivity index (χ0) is 32.8. The fourth-order valence-electron chi connectivity index (χ4n) is 5.72. The Morgan fingerprint density at radius 3 is 2.40 bits per heavy atom. The number of hydrogen-bond donors (Lipinski definition) is 4. The normalized spacial score (nSPS) is 18.7. The van der Waals surface area contributed by atoms with Gasteiger partial charge in [-0.1, -0.05) is 72.8 Å². The lowest BCUT2D eigenvalue weighted by molar-refractivity contribution is -0.252. The van der Waals surface area contributed by atoms with Crippen molar-refractivity contribution in [2.24, 2.45) is 0 Å². The summed E-state index contributed by atoms with van der Waals surface area (Å²) < 4.78 is 12.9. The summed E-state index contributed by atoms with van der Waals surface area (Å²) in [6.07, 6.45) is 0.206. The highest BCUT2D eigenvalue weighted by Crippen LogP contribution is 2.38. The molecule has 0 aliphatic carbocycles. The minimum atomic E-state index is -0.772. The number of nitrogens with zero attached hydrogens (tertiary/aromatic N) is 3. The number of aromatic hydroxyl groups is 1. The Kier molecular flexibility index (Phi) is 10.2. The Balaban J connectivity index is 1.12. The SMILES string of the molecule is CN(C[C@@H]1C[C@H](c2ccc(CO)cc2)O[C@H](c2ccc(CNC(=O)c3cnc4ccccc4n3)cc2)O1)C[C@@H](O)c1cccc(O)c1. The van der Waals surface area contributed by atoms with E-state index < -0.39 is 12.4 Å². The van der Waals surface area contributed by atoms with E-state index in [1.165, 1.54) is 6.20 Å². The number of amides is 1. The Hall–Kier alpha value is -4.71. The van der Waals surface area contributed by atoms with Gasteiger partial charge >= 0.3 is 0 Å². The maximum Gasteiger partial charge on any atom is 0.271 e. The van der Waals surface area contributed by atoms with E-state index >= 15 is 0 Å². The first-order valence-corrected chi connectivity index (χ1v) is 15.6. The first-order valence-electron chi connectivity index (χ1n) is 15.6. The van der Waals surface area contributed by atoms with Crippen LogP contribution in [0.2, 0.25) is 0 Å². The third-order valence-corrected chi connectivity index (χ3v) is 8.26. The second kappa shape index (κ2) is 14.8. The Bertz CT molecular complexity index is 1800. The van der Waals surface area contributed by atoms with Crippen molar-refractivity contribution in [3.05, 3.63) is 137 Å². The van der Waals surface area contributed by atoms with Gasteiger partial charge in [0.15, 0.2) is 6.29 Å². The molecule has 4 aromatic carbocycles. The molecule has 0 radical (unpaired) electrons. The van der Waals surface area contributed by atoms with Crippen LogP contribution >= 0.6 is 0 Å². The number of carbonyl (C=O) groups excluding carboxylic acids is 1. The Morgan fingerprint density at radius 1 is 0.936 bits per heavy atom. The summed E-state index contributed by atoms with van der Waals surface area (Å²) in [7, 11) is 1.93. The van der Waals surface area contributed by atoms with Crippen LogP contribution in [-0.4, -0.2) is 62.3 Å². The molecule has 4 N–H and O–H groups in total. The van der Waals surface area contributed by atoms with Crippen LogP contribution < -0.4 is 5.32 Å². The van der Waals surface area contributed by atoms with Gasteiger partial charge in [0, 0.05) is 31.6 Å². The average Bonchev–Trinajstić information content (AvgIpc) is 3.10. The Morgan fingerprint density at radius 2 is 1.66 bits per heavy atom. The average molecular weight is 635 g/mol. The van der Waals surface area contributed by atoms with E-state index in [4.69, 9.17) is 9.47 Å². The molecule has 10 heteroatoms. The van der Waals surface area contributed by atoms with Crippen LogP contribution in [0.15, 0.2) is 103 Å². The molecule has 2 heterocycles. The topological polar surface area (TPSA) is 137 Å². The number of aliphatic hydroxyl groups is 2. The van der Waals surface area contributed by atoms with Gasteiger partial charge in [0.05, 0.1) is 42.1 Å². The number of rotatable bonds is 11. The summed E-state index contributed by atoms with van der Waals surface area (Å²) in [4.78, 5) is 23.5. The third kappa shape index (κ3) is 8.18. The van der Waals surface area contributed by atoms with E-state index in [0.717, 1.165) is 27.8 Å². The summed E-state index contributed by atoms with van der Waals surface area (Å²) in [5.74, 6) is -0.190. The van der Waals surface area contributed by atoms with E-state index in [9.17, 15) is 20.1 Å². The maximum absolute atomic E-state index is 12.8. The highest BCUT2D eigenvalue weighted by molar-refractivity contribution is 5.93. The molecule has 5 aromatic rings. The van der Waals surface area contributed by atoms with Gasteiger partial charge in [0.1, 0.15) is 11.4 Å². The number of fused-ring (bicyclic) bond motifs is 1. The molecule has 1 fully saturated rings. The monoisotopic (exact) mass is 634 g/mol. The number of likely N-dealkylation sites (N-methyl/N-ethyl adjacent to an activating group) is 1. The summed E-state index contributed by atoms with van der Waals surface area (Å²) in [6, 6.07) is 29.5. The molecule has 0 spiro atoms. The fourth-order valence-corrected chi connectivity index (χ4v) is 5.72. The van der Waals surface area contributed by atoms with Crippen LogP contribution in [0.5, 0.6) is 5.75 Å². The van der Waals surface area contributed by atoms with E-state index in [2.05, 4.69) is 15.3 Å². The number of phenolic OH excluding ortho intramolecular Hbond substituents is 1. The Labute approximate surface area is 273 Å². The number of carbonyl (C=O) groups is 1. The molecule has 6 rings (SSSR count). The van der Waals surface area contributed by atoms with Gasteiger partial charge in [-0.25, -0.2) is 4.98 Å². The van der Waals surface area contributed by atoms with E-state index in [1.54, 1.807) is 24.3 Å². The van der Waals surface area contributed by atoms with E-state index in [0.29, 0.717) is 37.1 Å². The largest absolute Gasteiger partial charge is 0.508 e. The lowest BCUT2D eigenvalue weighted by atomic mass is 9.99. The fraction of sp³-hybridized carbons (Fsp3) is 0.270. The first kappa shape index (κ1) is 32.2. The molecule has 1 aromatic heterocycles. The molecule has 0 saturated carbocycles. The summed E-state index contributed by atoms with van der Waals surface area (Å²) in [5.41, 5.74) is 5.85. The smallest absolute Gasteiger partial charge is 0.271 e. The van der Waals surface area contributed by atoms with Crippen molar-refractivity contribution in [1.82, 2.24) is 20.2 Å². The summed E-state index contributed by atoms with van der Waals surface area (Å²) in [6.45, 7) is 1.18. The zero-order valence-corrected chi connectivity index (χ0v) is 26.1. The molecule has 1 amide bonds. The van der Waals surface area contributed by atoms with Gasteiger partial charge in [0.2, 0.25) is 0 Å². The number of aromatic nitrogens is 2. The third-order valence-electron chi connectivity index (χ3n) is 8.26. The number of nitrogens with one attached hydrogen (secondary N) is 1. The predicted octanol–water partition coefficient (Wildman–Crippen LogP) is 4.97. The van der Waals surface area contributed by atoms with Gasteiger partial charge < -0.3 is 35.0 Å². The molecule has 0 unspecified atom stereocenters. The van der Waals surface area contributed by atoms with Crippen LogP contribution in [0.3, 0.4) is 0 Å². The quantitative estimate of drug-likeness (QED) is 0.159.